The maximum atomic E-state index is 6.19. The molecule has 20 heavy (non-hydrogen) atoms. The lowest BCUT2D eigenvalue weighted by Gasteiger charge is -2.14. The summed E-state index contributed by atoms with van der Waals surface area (Å²) in [5, 5.41) is 7.60. The van der Waals surface area contributed by atoms with Gasteiger partial charge >= 0.3 is 0 Å². The van der Waals surface area contributed by atoms with Crippen LogP contribution in [0.3, 0.4) is 0 Å². The van der Waals surface area contributed by atoms with Crippen molar-refractivity contribution in [2.24, 2.45) is 4.99 Å². The minimum Gasteiger partial charge on any atom is -0.497 e. The summed E-state index contributed by atoms with van der Waals surface area (Å²) in [5.41, 5.74) is 7.93. The SMILES string of the molecule is COc1ccc(-n2ncc(C3=NCCCN3)c2N)cc1. The fraction of sp³-hybridized carbons (Fsp3) is 0.286. The molecular weight excluding hydrogens is 254 g/mol. The molecule has 0 fully saturated rings. The van der Waals surface area contributed by atoms with Gasteiger partial charge < -0.3 is 15.8 Å². The number of aliphatic imine (C=N–C) groups is 1. The van der Waals surface area contributed by atoms with Gasteiger partial charge in [0.25, 0.3) is 0 Å². The minimum atomic E-state index is 0.586. The van der Waals surface area contributed by atoms with Gasteiger partial charge in [0.15, 0.2) is 0 Å². The smallest absolute Gasteiger partial charge is 0.138 e. The number of hydrogen-bond donors (Lipinski definition) is 2. The van der Waals surface area contributed by atoms with Crippen molar-refractivity contribution in [2.75, 3.05) is 25.9 Å². The Hall–Kier alpha value is -2.50. The van der Waals surface area contributed by atoms with Crippen molar-refractivity contribution in [1.82, 2.24) is 15.1 Å². The zero-order valence-corrected chi connectivity index (χ0v) is 11.3. The Kier molecular flexibility index (Phi) is 3.28. The van der Waals surface area contributed by atoms with Gasteiger partial charge in [0, 0.05) is 13.1 Å². The number of aromatic nitrogens is 2. The zero-order valence-electron chi connectivity index (χ0n) is 11.3. The Labute approximate surface area is 117 Å². The van der Waals surface area contributed by atoms with Crippen LogP contribution >= 0.6 is 0 Å². The van der Waals surface area contributed by atoms with Crippen molar-refractivity contribution >= 4 is 11.7 Å². The maximum Gasteiger partial charge on any atom is 0.138 e. The fourth-order valence-corrected chi connectivity index (χ4v) is 2.18. The normalized spacial score (nSPS) is 14.6. The molecule has 0 aliphatic carbocycles. The van der Waals surface area contributed by atoms with E-state index in [1.165, 1.54) is 0 Å². The molecule has 0 spiro atoms. The van der Waals surface area contributed by atoms with Gasteiger partial charge in [0.2, 0.25) is 0 Å². The van der Waals surface area contributed by atoms with E-state index in [0.717, 1.165) is 42.3 Å². The van der Waals surface area contributed by atoms with Gasteiger partial charge in [-0.1, -0.05) is 0 Å². The highest BCUT2D eigenvalue weighted by Crippen LogP contribution is 2.20. The average molecular weight is 271 g/mol. The summed E-state index contributed by atoms with van der Waals surface area (Å²) in [6.45, 7) is 1.75. The van der Waals surface area contributed by atoms with Crippen molar-refractivity contribution in [3.8, 4) is 11.4 Å². The standard InChI is InChI=1S/C14H17N5O/c1-20-11-5-3-10(4-6-11)19-13(15)12(9-18-19)14-16-7-2-8-17-14/h3-6,9H,2,7-8,15H2,1H3,(H,16,17). The van der Waals surface area contributed by atoms with Crippen LogP contribution in [0.1, 0.15) is 12.0 Å². The van der Waals surface area contributed by atoms with Crippen LogP contribution in [-0.4, -0.2) is 35.8 Å². The Morgan fingerprint density at radius 2 is 2.10 bits per heavy atom. The Morgan fingerprint density at radius 3 is 2.75 bits per heavy atom. The molecule has 3 N–H and O–H groups in total. The number of hydrogen-bond acceptors (Lipinski definition) is 5. The molecule has 0 bridgehead atoms. The number of methoxy groups -OCH3 is 1. The number of rotatable bonds is 3. The summed E-state index contributed by atoms with van der Waals surface area (Å²) >= 11 is 0. The summed E-state index contributed by atoms with van der Waals surface area (Å²) < 4.78 is 6.85. The molecule has 3 rings (SSSR count). The Bertz CT molecular complexity index is 630. The van der Waals surface area contributed by atoms with E-state index >= 15 is 0 Å². The Morgan fingerprint density at radius 1 is 1.30 bits per heavy atom. The number of amidine groups is 1. The summed E-state index contributed by atoms with van der Waals surface area (Å²) in [5.74, 6) is 2.22. The van der Waals surface area contributed by atoms with E-state index in [0.29, 0.717) is 5.82 Å². The minimum absolute atomic E-state index is 0.586. The summed E-state index contributed by atoms with van der Waals surface area (Å²) in [7, 11) is 1.64. The molecule has 0 saturated carbocycles. The lowest BCUT2D eigenvalue weighted by molar-refractivity contribution is 0.414. The monoisotopic (exact) mass is 271 g/mol. The number of anilines is 1. The molecule has 1 aromatic carbocycles. The van der Waals surface area contributed by atoms with Crippen molar-refractivity contribution < 1.29 is 4.74 Å². The van der Waals surface area contributed by atoms with Crippen LogP contribution < -0.4 is 15.8 Å². The van der Waals surface area contributed by atoms with Crippen LogP contribution in [-0.2, 0) is 0 Å². The van der Waals surface area contributed by atoms with Gasteiger partial charge in [0.05, 0.1) is 24.6 Å². The van der Waals surface area contributed by atoms with Crippen LogP contribution in [0.15, 0.2) is 35.5 Å². The van der Waals surface area contributed by atoms with E-state index in [4.69, 9.17) is 10.5 Å². The molecule has 1 aliphatic rings. The van der Waals surface area contributed by atoms with Crippen molar-refractivity contribution in [3.63, 3.8) is 0 Å². The largest absolute Gasteiger partial charge is 0.497 e. The fourth-order valence-electron chi connectivity index (χ4n) is 2.18. The second kappa shape index (κ2) is 5.24. The van der Waals surface area contributed by atoms with E-state index in [-0.39, 0.29) is 0 Å². The molecule has 2 heterocycles. The van der Waals surface area contributed by atoms with E-state index in [9.17, 15) is 0 Å². The second-order valence-corrected chi connectivity index (χ2v) is 4.56. The van der Waals surface area contributed by atoms with Crippen LogP contribution in [0, 0.1) is 0 Å². The highest BCUT2D eigenvalue weighted by atomic mass is 16.5. The molecular formula is C14H17N5O. The average Bonchev–Trinajstić information content (AvgIpc) is 2.90. The number of nitrogens with zero attached hydrogens (tertiary/aromatic N) is 3. The van der Waals surface area contributed by atoms with Crippen molar-refractivity contribution in [3.05, 3.63) is 36.0 Å². The molecule has 0 amide bonds. The first-order valence-corrected chi connectivity index (χ1v) is 6.56. The van der Waals surface area contributed by atoms with Gasteiger partial charge in [-0.05, 0) is 30.7 Å². The number of nitrogens with one attached hydrogen (secondary N) is 1. The quantitative estimate of drug-likeness (QED) is 0.879. The molecule has 0 saturated heterocycles. The van der Waals surface area contributed by atoms with Gasteiger partial charge in [0.1, 0.15) is 17.4 Å². The summed E-state index contributed by atoms with van der Waals surface area (Å²) in [4.78, 5) is 4.45. The first-order chi connectivity index (χ1) is 9.79. The Balaban J connectivity index is 1.94. The molecule has 1 aromatic heterocycles. The van der Waals surface area contributed by atoms with Crippen LogP contribution in [0.25, 0.3) is 5.69 Å². The summed E-state index contributed by atoms with van der Waals surface area (Å²) in [6.07, 6.45) is 2.80. The van der Waals surface area contributed by atoms with Gasteiger partial charge in [-0.25, -0.2) is 4.68 Å². The third-order valence-corrected chi connectivity index (χ3v) is 3.28. The molecule has 6 nitrogen and oxygen atoms in total. The second-order valence-electron chi connectivity index (χ2n) is 4.56. The summed E-state index contributed by atoms with van der Waals surface area (Å²) in [6, 6.07) is 7.60. The number of ether oxygens (including phenoxy) is 1. The third kappa shape index (κ3) is 2.20. The molecule has 0 unspecified atom stereocenters. The van der Waals surface area contributed by atoms with Gasteiger partial charge in [-0.2, -0.15) is 5.10 Å². The third-order valence-electron chi connectivity index (χ3n) is 3.28. The van der Waals surface area contributed by atoms with E-state index in [1.807, 2.05) is 24.3 Å². The van der Waals surface area contributed by atoms with Crippen molar-refractivity contribution in [1.29, 1.82) is 0 Å². The molecule has 1 aliphatic heterocycles. The van der Waals surface area contributed by atoms with Crippen LogP contribution in [0.2, 0.25) is 0 Å². The van der Waals surface area contributed by atoms with E-state index in [1.54, 1.807) is 18.0 Å². The lowest BCUT2D eigenvalue weighted by Crippen LogP contribution is -2.30. The molecule has 2 aromatic rings. The zero-order chi connectivity index (χ0) is 13.9. The molecule has 0 radical (unpaired) electrons. The highest BCUT2D eigenvalue weighted by Gasteiger charge is 2.15. The predicted molar refractivity (Wildman–Crippen MR) is 78.6 cm³/mol. The number of benzene rings is 1. The van der Waals surface area contributed by atoms with E-state index in [2.05, 4.69) is 15.4 Å². The lowest BCUT2D eigenvalue weighted by atomic mass is 10.2. The van der Waals surface area contributed by atoms with Crippen LogP contribution in [0.4, 0.5) is 5.82 Å². The van der Waals surface area contributed by atoms with E-state index < -0.39 is 0 Å². The molecule has 104 valence electrons. The maximum absolute atomic E-state index is 6.19. The molecule has 6 heteroatoms. The highest BCUT2D eigenvalue weighted by molar-refractivity contribution is 6.02. The molecule has 0 atom stereocenters. The topological polar surface area (TPSA) is 77.5 Å². The van der Waals surface area contributed by atoms with Gasteiger partial charge in [-0.3, -0.25) is 4.99 Å². The number of nitrogen functional groups attached to an aromatic ring is 1. The first kappa shape index (κ1) is 12.5. The van der Waals surface area contributed by atoms with Crippen molar-refractivity contribution in [2.45, 2.75) is 6.42 Å². The van der Waals surface area contributed by atoms with Crippen LogP contribution in [0.5, 0.6) is 5.75 Å². The number of nitrogens with two attached hydrogens (primary N) is 1. The first-order valence-electron chi connectivity index (χ1n) is 6.56. The predicted octanol–water partition coefficient (Wildman–Crippen LogP) is 1.20. The van der Waals surface area contributed by atoms with Gasteiger partial charge in [-0.15, -0.1) is 0 Å².